The van der Waals surface area contributed by atoms with Gasteiger partial charge in [0.15, 0.2) is 0 Å². The Kier molecular flexibility index (Phi) is 4.45. The quantitative estimate of drug-likeness (QED) is 0.521. The largest absolute Gasteiger partial charge is 0.306 e. The predicted molar refractivity (Wildman–Crippen MR) is 116 cm³/mol. The number of hydrogen-bond acceptors (Lipinski definition) is 3. The van der Waals surface area contributed by atoms with E-state index in [1.807, 2.05) is 48.5 Å². The molecule has 29 heavy (non-hydrogen) atoms. The van der Waals surface area contributed by atoms with Gasteiger partial charge in [0.05, 0.1) is 22.9 Å². The minimum Gasteiger partial charge on any atom is -0.306 e. The maximum atomic E-state index is 13.2. The first-order chi connectivity index (χ1) is 14.1. The second kappa shape index (κ2) is 7.13. The van der Waals surface area contributed by atoms with Crippen molar-refractivity contribution in [1.29, 1.82) is 0 Å². The molecule has 144 valence electrons. The summed E-state index contributed by atoms with van der Waals surface area (Å²) < 4.78 is 13.8. The fourth-order valence-electron chi connectivity index (χ4n) is 3.65. The number of nitrogens with one attached hydrogen (secondary N) is 1. The highest BCUT2D eigenvalue weighted by molar-refractivity contribution is 7.83. The number of anilines is 1. The van der Waals surface area contributed by atoms with Gasteiger partial charge >= 0.3 is 0 Å². The number of halogens is 1. The number of rotatable bonds is 3. The van der Waals surface area contributed by atoms with Crippen molar-refractivity contribution in [2.75, 3.05) is 5.32 Å². The van der Waals surface area contributed by atoms with E-state index in [2.05, 4.69) is 10.4 Å². The van der Waals surface area contributed by atoms with E-state index in [1.54, 1.807) is 22.9 Å². The zero-order valence-electron chi connectivity index (χ0n) is 15.3. The minimum atomic E-state index is -1.00. The summed E-state index contributed by atoms with van der Waals surface area (Å²) in [6.45, 7) is 0. The van der Waals surface area contributed by atoms with Crippen molar-refractivity contribution in [2.24, 2.45) is 0 Å². The minimum absolute atomic E-state index is 0.231. The maximum Gasteiger partial charge on any atom is 0.257 e. The third kappa shape index (κ3) is 3.24. The number of carbonyl (C=O) groups is 1. The molecule has 0 aliphatic carbocycles. The van der Waals surface area contributed by atoms with Crippen molar-refractivity contribution < 1.29 is 9.00 Å². The Morgan fingerprint density at radius 3 is 2.69 bits per heavy atom. The summed E-state index contributed by atoms with van der Waals surface area (Å²) in [5.41, 5.74) is 2.88. The molecule has 3 aromatic carbocycles. The number of nitrogens with zero attached hydrogens (tertiary/aromatic N) is 2. The van der Waals surface area contributed by atoms with Gasteiger partial charge in [0.1, 0.15) is 5.82 Å². The molecule has 5 rings (SSSR count). The van der Waals surface area contributed by atoms with Crippen molar-refractivity contribution in [3.8, 4) is 5.69 Å². The Morgan fingerprint density at radius 2 is 1.83 bits per heavy atom. The first-order valence-corrected chi connectivity index (χ1v) is 11.0. The van der Waals surface area contributed by atoms with E-state index in [9.17, 15) is 9.00 Å². The van der Waals surface area contributed by atoms with Crippen molar-refractivity contribution in [3.63, 3.8) is 0 Å². The van der Waals surface area contributed by atoms with Crippen molar-refractivity contribution >= 4 is 44.9 Å². The molecule has 0 spiro atoms. The fraction of sp³-hybridized carbons (Fsp3) is 0.0909. The Bertz CT molecular complexity index is 1290. The molecule has 0 saturated carbocycles. The number of hydrogen-bond donors (Lipinski definition) is 1. The average Bonchev–Trinajstić information content (AvgIpc) is 3.24. The third-order valence-electron chi connectivity index (χ3n) is 4.99. The molecule has 1 N–H and O–H groups in total. The molecule has 1 atom stereocenters. The molecular weight excluding hydrogens is 406 g/mol. The molecule has 0 bridgehead atoms. The molecule has 1 aromatic heterocycles. The van der Waals surface area contributed by atoms with E-state index >= 15 is 0 Å². The van der Waals surface area contributed by atoms with E-state index in [-0.39, 0.29) is 5.91 Å². The molecule has 7 heteroatoms. The van der Waals surface area contributed by atoms with Crippen LogP contribution in [0.3, 0.4) is 0 Å². The van der Waals surface area contributed by atoms with Crippen LogP contribution in [0.15, 0.2) is 66.7 Å². The molecule has 1 aliphatic rings. The molecule has 2 heterocycles. The van der Waals surface area contributed by atoms with Crippen LogP contribution in [0.5, 0.6) is 0 Å². The lowest BCUT2D eigenvalue weighted by molar-refractivity contribution is 0.102. The second-order valence-electron chi connectivity index (χ2n) is 6.87. The summed E-state index contributed by atoms with van der Waals surface area (Å²) in [7, 11) is -1.00. The number of aromatic nitrogens is 2. The summed E-state index contributed by atoms with van der Waals surface area (Å²) in [5.74, 6) is 1.08. The van der Waals surface area contributed by atoms with Crippen LogP contribution in [-0.2, 0) is 22.3 Å². The lowest BCUT2D eigenvalue weighted by Gasteiger charge is -2.12. The smallest absolute Gasteiger partial charge is 0.257 e. The van der Waals surface area contributed by atoms with Crippen molar-refractivity contribution in [2.45, 2.75) is 11.5 Å². The van der Waals surface area contributed by atoms with Crippen LogP contribution in [0.1, 0.15) is 21.6 Å². The Morgan fingerprint density at radius 1 is 1.03 bits per heavy atom. The molecule has 1 amide bonds. The van der Waals surface area contributed by atoms with Crippen LogP contribution in [0.4, 0.5) is 5.82 Å². The van der Waals surface area contributed by atoms with Gasteiger partial charge in [0, 0.05) is 26.9 Å². The molecule has 0 saturated heterocycles. The van der Waals surface area contributed by atoms with Gasteiger partial charge in [-0.15, -0.1) is 0 Å². The lowest BCUT2D eigenvalue weighted by Crippen LogP contribution is -2.17. The standard InChI is InChI=1S/C22H16ClN3O2S/c23-15-7-4-8-16(11-15)26-21(19-12-29(28)13-20(19)25-26)24-22(27)18-10-3-6-14-5-1-2-9-17(14)18/h1-11H,12-13H2,(H,24,27)/t29-/m1/s1. The number of fused-ring (bicyclic) bond motifs is 2. The number of benzene rings is 3. The van der Waals surface area contributed by atoms with Crippen molar-refractivity contribution in [1.82, 2.24) is 9.78 Å². The van der Waals surface area contributed by atoms with Crippen LogP contribution >= 0.6 is 11.6 Å². The van der Waals surface area contributed by atoms with E-state index < -0.39 is 10.8 Å². The molecule has 0 radical (unpaired) electrons. The summed E-state index contributed by atoms with van der Waals surface area (Å²) in [6, 6.07) is 20.7. The van der Waals surface area contributed by atoms with Gasteiger partial charge in [-0.05, 0) is 35.0 Å². The van der Waals surface area contributed by atoms with E-state index in [4.69, 9.17) is 11.6 Å². The topological polar surface area (TPSA) is 64.0 Å². The van der Waals surface area contributed by atoms with Gasteiger partial charge < -0.3 is 5.32 Å². The number of amides is 1. The molecule has 4 aromatic rings. The highest BCUT2D eigenvalue weighted by Gasteiger charge is 2.28. The zero-order chi connectivity index (χ0) is 20.0. The van der Waals surface area contributed by atoms with Crippen LogP contribution in [0, 0.1) is 0 Å². The maximum absolute atomic E-state index is 13.2. The SMILES string of the molecule is O=C(Nc1c2c(nn1-c1cccc(Cl)c1)C[S@](=O)C2)c1cccc2ccccc12. The first kappa shape index (κ1) is 18.1. The van der Waals surface area contributed by atoms with Gasteiger partial charge in [-0.3, -0.25) is 9.00 Å². The molecular formula is C22H16ClN3O2S. The number of carbonyl (C=O) groups excluding carboxylic acids is 1. The first-order valence-electron chi connectivity index (χ1n) is 9.11. The van der Waals surface area contributed by atoms with Crippen molar-refractivity contribution in [3.05, 3.63) is 88.6 Å². The van der Waals surface area contributed by atoms with Gasteiger partial charge in [0.25, 0.3) is 5.91 Å². The van der Waals surface area contributed by atoms with Gasteiger partial charge in [-0.2, -0.15) is 5.10 Å². The summed E-state index contributed by atoms with van der Waals surface area (Å²) >= 11 is 6.15. The lowest BCUT2D eigenvalue weighted by atomic mass is 10.0. The fourth-order valence-corrected chi connectivity index (χ4v) is 5.10. The highest BCUT2D eigenvalue weighted by Crippen LogP contribution is 2.32. The predicted octanol–water partition coefficient (Wildman–Crippen LogP) is 4.69. The van der Waals surface area contributed by atoms with Crippen LogP contribution < -0.4 is 5.32 Å². The van der Waals surface area contributed by atoms with Gasteiger partial charge in [0.2, 0.25) is 0 Å². The summed E-state index contributed by atoms with van der Waals surface area (Å²) in [4.78, 5) is 13.2. The molecule has 1 aliphatic heterocycles. The van der Waals surface area contributed by atoms with Gasteiger partial charge in [-0.1, -0.05) is 54.1 Å². The normalized spacial score (nSPS) is 15.4. The van der Waals surface area contributed by atoms with E-state index in [1.165, 1.54) is 0 Å². The molecule has 5 nitrogen and oxygen atoms in total. The second-order valence-corrected chi connectivity index (χ2v) is 8.77. The Balaban J connectivity index is 1.60. The monoisotopic (exact) mass is 421 g/mol. The van der Waals surface area contributed by atoms with Crippen LogP contribution in [0.2, 0.25) is 5.02 Å². The summed E-state index contributed by atoms with van der Waals surface area (Å²) in [6.07, 6.45) is 0. The molecule has 0 unspecified atom stereocenters. The summed E-state index contributed by atoms with van der Waals surface area (Å²) in [5, 5.41) is 10.1. The van der Waals surface area contributed by atoms with Gasteiger partial charge in [-0.25, -0.2) is 4.68 Å². The Labute approximate surface area is 174 Å². The Hall–Kier alpha value is -2.96. The zero-order valence-corrected chi connectivity index (χ0v) is 16.8. The van der Waals surface area contributed by atoms with E-state index in [0.717, 1.165) is 27.7 Å². The van der Waals surface area contributed by atoms with Crippen LogP contribution in [0.25, 0.3) is 16.5 Å². The van der Waals surface area contributed by atoms with E-state index in [0.29, 0.717) is 27.9 Å². The molecule has 0 fully saturated rings. The van der Waals surface area contributed by atoms with Crippen LogP contribution in [-0.4, -0.2) is 19.9 Å². The third-order valence-corrected chi connectivity index (χ3v) is 6.43. The highest BCUT2D eigenvalue weighted by atomic mass is 35.5. The average molecular weight is 422 g/mol.